The average molecular weight is 240 g/mol. The molecule has 0 unspecified atom stereocenters. The molecule has 0 aliphatic heterocycles. The quantitative estimate of drug-likeness (QED) is 0.548. The zero-order valence-electron chi connectivity index (χ0n) is 9.82. The molecule has 1 rings (SSSR count). The van der Waals surface area contributed by atoms with Crippen LogP contribution in [-0.4, -0.2) is 21.8 Å². The third-order valence-corrected chi connectivity index (χ3v) is 7.53. The lowest BCUT2D eigenvalue weighted by molar-refractivity contribution is 0.196. The zero-order chi connectivity index (χ0) is 11.1. The fraction of sp³-hybridized carbons (Fsp3) is 0.500. The molecule has 0 saturated carbocycles. The van der Waals surface area contributed by atoms with Gasteiger partial charge in [0, 0.05) is 13.7 Å². The summed E-state index contributed by atoms with van der Waals surface area (Å²) in [5, 5.41) is 2.17. The predicted octanol–water partition coefficient (Wildman–Crippen LogP) is 3.19. The van der Waals surface area contributed by atoms with E-state index in [4.69, 9.17) is 4.74 Å². The Balaban J connectivity index is 2.42. The fourth-order valence-electron chi connectivity index (χ4n) is 1.45. The lowest BCUT2D eigenvalue weighted by Crippen LogP contribution is -2.37. The molecule has 3 heteroatoms. The van der Waals surface area contributed by atoms with Gasteiger partial charge in [0.05, 0.1) is 0 Å². The summed E-state index contributed by atoms with van der Waals surface area (Å²) in [5.41, 5.74) is 2.44. The summed E-state index contributed by atoms with van der Waals surface area (Å²) < 4.78 is 6.59. The molecular weight excluding hydrogens is 220 g/mol. The van der Waals surface area contributed by atoms with Crippen LogP contribution in [0.3, 0.4) is 0 Å². The van der Waals surface area contributed by atoms with E-state index < -0.39 is 8.07 Å². The van der Waals surface area contributed by atoms with Crippen LogP contribution in [0.2, 0.25) is 13.1 Å². The second-order valence-corrected chi connectivity index (χ2v) is 9.86. The van der Waals surface area contributed by atoms with Gasteiger partial charge in [0.2, 0.25) is 0 Å². The Kier molecular flexibility index (Phi) is 5.29. The minimum Gasteiger partial charge on any atom is -0.385 e. The van der Waals surface area contributed by atoms with E-state index in [2.05, 4.69) is 42.4 Å². The normalized spacial score (nSPS) is 12.5. The summed E-state index contributed by atoms with van der Waals surface area (Å²) in [6, 6.07) is 4.41. The number of allylic oxidation sites excluding steroid dienone is 1. The summed E-state index contributed by atoms with van der Waals surface area (Å²) in [6.45, 7) is 5.66. The predicted molar refractivity (Wildman–Crippen MR) is 71.7 cm³/mol. The smallest absolute Gasteiger partial charge is 0.116 e. The monoisotopic (exact) mass is 240 g/mol. The highest BCUT2D eigenvalue weighted by Crippen LogP contribution is 2.10. The van der Waals surface area contributed by atoms with Gasteiger partial charge >= 0.3 is 0 Å². The van der Waals surface area contributed by atoms with Crippen molar-refractivity contribution < 1.29 is 4.74 Å². The van der Waals surface area contributed by atoms with Gasteiger partial charge in [-0.1, -0.05) is 37.0 Å². The Bertz CT molecular complexity index is 291. The molecule has 1 aromatic rings. The Hall–Kier alpha value is -0.383. The van der Waals surface area contributed by atoms with E-state index in [1.807, 2.05) is 11.3 Å². The molecule has 0 aromatic carbocycles. The van der Waals surface area contributed by atoms with Crippen molar-refractivity contribution in [3.8, 4) is 0 Å². The molecule has 0 atom stereocenters. The molecule has 15 heavy (non-hydrogen) atoms. The molecule has 0 radical (unpaired) electrons. The number of hydrogen-bond donors (Lipinski definition) is 0. The Morgan fingerprint density at radius 1 is 1.47 bits per heavy atom. The van der Waals surface area contributed by atoms with Gasteiger partial charge in [0.1, 0.15) is 8.07 Å². The highest BCUT2D eigenvalue weighted by Gasteiger charge is 2.20. The van der Waals surface area contributed by atoms with Gasteiger partial charge in [-0.3, -0.25) is 0 Å². The first-order valence-electron chi connectivity index (χ1n) is 5.37. The second-order valence-electron chi connectivity index (χ2n) is 4.24. The number of methoxy groups -OCH3 is 1. The average Bonchev–Trinajstić information content (AvgIpc) is 2.70. The standard InChI is InChI=1S/C12H20OSSi/c1-13-9-5-4-6-11-15(2,3)12-8-7-10-14-12/h6-8,10-11H,4-5,9H2,1-3H3/b11-6-. The Labute approximate surface area is 97.8 Å². The SMILES string of the molecule is COCCC/C=C\[Si](C)(C)c1cccs1. The van der Waals surface area contributed by atoms with Gasteiger partial charge in [0.25, 0.3) is 0 Å². The van der Waals surface area contributed by atoms with E-state index in [1.165, 1.54) is 0 Å². The van der Waals surface area contributed by atoms with E-state index >= 15 is 0 Å². The minimum absolute atomic E-state index is 0.866. The highest BCUT2D eigenvalue weighted by molar-refractivity contribution is 7.26. The molecule has 0 aliphatic rings. The maximum Gasteiger partial charge on any atom is 0.116 e. The third kappa shape index (κ3) is 4.32. The molecule has 0 amide bonds. The summed E-state index contributed by atoms with van der Waals surface area (Å²) in [4.78, 5) is 0. The van der Waals surface area contributed by atoms with Crippen LogP contribution in [0.15, 0.2) is 29.3 Å². The van der Waals surface area contributed by atoms with Crippen LogP contribution in [0.1, 0.15) is 12.8 Å². The molecule has 0 bridgehead atoms. The van der Waals surface area contributed by atoms with Crippen LogP contribution in [-0.2, 0) is 4.74 Å². The van der Waals surface area contributed by atoms with Crippen LogP contribution in [0.4, 0.5) is 0 Å². The first kappa shape index (κ1) is 12.7. The van der Waals surface area contributed by atoms with Crippen molar-refractivity contribution >= 4 is 23.9 Å². The lowest BCUT2D eigenvalue weighted by Gasteiger charge is -2.15. The number of rotatable bonds is 6. The van der Waals surface area contributed by atoms with Crippen LogP contribution < -0.4 is 4.50 Å². The van der Waals surface area contributed by atoms with Gasteiger partial charge in [-0.25, -0.2) is 0 Å². The highest BCUT2D eigenvalue weighted by atomic mass is 32.1. The first-order chi connectivity index (χ1) is 7.17. The molecule has 1 heterocycles. The molecule has 1 aromatic heterocycles. The Morgan fingerprint density at radius 3 is 2.87 bits per heavy atom. The number of ether oxygens (including phenoxy) is 1. The van der Waals surface area contributed by atoms with E-state index in [0.717, 1.165) is 19.4 Å². The minimum atomic E-state index is -1.29. The summed E-state index contributed by atoms with van der Waals surface area (Å²) in [6.07, 6.45) is 4.59. The van der Waals surface area contributed by atoms with E-state index in [9.17, 15) is 0 Å². The van der Waals surface area contributed by atoms with Crippen molar-refractivity contribution in [3.05, 3.63) is 29.3 Å². The van der Waals surface area contributed by atoms with Gasteiger partial charge in [-0.15, -0.1) is 0 Å². The maximum atomic E-state index is 5.03. The van der Waals surface area contributed by atoms with Crippen LogP contribution in [0.25, 0.3) is 0 Å². The van der Waals surface area contributed by atoms with Crippen molar-refractivity contribution in [2.24, 2.45) is 0 Å². The van der Waals surface area contributed by atoms with Crippen LogP contribution in [0.5, 0.6) is 0 Å². The first-order valence-corrected chi connectivity index (χ1v) is 9.33. The van der Waals surface area contributed by atoms with E-state index in [1.54, 1.807) is 11.6 Å². The number of thiophene rings is 1. The topological polar surface area (TPSA) is 9.23 Å². The number of hydrogen-bond acceptors (Lipinski definition) is 2. The molecule has 0 N–H and O–H groups in total. The summed E-state index contributed by atoms with van der Waals surface area (Å²) >= 11 is 1.88. The fourth-order valence-corrected chi connectivity index (χ4v) is 4.98. The maximum absolute atomic E-state index is 5.03. The van der Waals surface area contributed by atoms with Gasteiger partial charge in [-0.2, -0.15) is 11.3 Å². The molecule has 0 spiro atoms. The molecule has 1 nitrogen and oxygen atoms in total. The zero-order valence-corrected chi connectivity index (χ0v) is 11.6. The van der Waals surface area contributed by atoms with Crippen molar-refractivity contribution in [1.82, 2.24) is 0 Å². The van der Waals surface area contributed by atoms with E-state index in [-0.39, 0.29) is 0 Å². The third-order valence-electron chi connectivity index (χ3n) is 2.41. The second kappa shape index (κ2) is 6.25. The van der Waals surface area contributed by atoms with Crippen molar-refractivity contribution in [2.45, 2.75) is 25.9 Å². The molecule has 84 valence electrons. The Morgan fingerprint density at radius 2 is 2.27 bits per heavy atom. The molecule has 0 aliphatic carbocycles. The van der Waals surface area contributed by atoms with Crippen molar-refractivity contribution in [2.75, 3.05) is 13.7 Å². The van der Waals surface area contributed by atoms with Crippen molar-refractivity contribution in [3.63, 3.8) is 0 Å². The van der Waals surface area contributed by atoms with E-state index in [0.29, 0.717) is 0 Å². The van der Waals surface area contributed by atoms with Crippen LogP contribution >= 0.6 is 11.3 Å². The largest absolute Gasteiger partial charge is 0.385 e. The summed E-state index contributed by atoms with van der Waals surface area (Å²) in [7, 11) is 0.468. The van der Waals surface area contributed by atoms with Gasteiger partial charge < -0.3 is 4.74 Å². The lowest BCUT2D eigenvalue weighted by atomic mass is 10.3. The molecular formula is C12H20OSSi. The number of unbranched alkanes of at least 4 members (excludes halogenated alkanes) is 1. The van der Waals surface area contributed by atoms with Gasteiger partial charge in [-0.05, 0) is 22.7 Å². The molecule has 0 fully saturated rings. The van der Waals surface area contributed by atoms with Crippen molar-refractivity contribution in [1.29, 1.82) is 0 Å². The molecule has 0 saturated heterocycles. The van der Waals surface area contributed by atoms with Crippen LogP contribution in [0, 0.1) is 0 Å². The van der Waals surface area contributed by atoms with Gasteiger partial charge in [0.15, 0.2) is 0 Å². The summed E-state index contributed by atoms with van der Waals surface area (Å²) in [5.74, 6) is 0.